The van der Waals surface area contributed by atoms with Crippen LogP contribution in [0.1, 0.15) is 0 Å². The molecule has 1 heterocycles. The van der Waals surface area contributed by atoms with E-state index in [-0.39, 0.29) is 21.5 Å². The second kappa shape index (κ2) is 6.93. The predicted octanol–water partition coefficient (Wildman–Crippen LogP) is 2.71. The number of hydrogen-bond acceptors (Lipinski definition) is 5. The lowest BCUT2D eigenvalue weighted by Gasteiger charge is -2.16. The third-order valence-electron chi connectivity index (χ3n) is 2.64. The molecule has 2 aromatic rings. The molecule has 0 atom stereocenters. The minimum atomic E-state index is -3.84. The zero-order valence-electron chi connectivity index (χ0n) is 11.3. The summed E-state index contributed by atoms with van der Waals surface area (Å²) < 4.78 is 25.7. The monoisotopic (exact) mass is 379 g/mol. The Bertz CT molecular complexity index is 779. The molecule has 0 unspecified atom stereocenters. The molecule has 6 nitrogen and oxygen atoms in total. The first-order chi connectivity index (χ1) is 10.3. The smallest absolute Gasteiger partial charge is 0.243 e. The van der Waals surface area contributed by atoms with Crippen LogP contribution < -0.4 is 5.32 Å². The van der Waals surface area contributed by atoms with Crippen molar-refractivity contribution in [2.45, 2.75) is 4.90 Å². The summed E-state index contributed by atoms with van der Waals surface area (Å²) in [7, 11) is -2.53. The molecule has 0 fully saturated rings. The van der Waals surface area contributed by atoms with E-state index >= 15 is 0 Å². The van der Waals surface area contributed by atoms with Gasteiger partial charge in [-0.3, -0.25) is 4.79 Å². The Balaban J connectivity index is 2.11. The molecule has 0 radical (unpaired) electrons. The summed E-state index contributed by atoms with van der Waals surface area (Å²) in [6.45, 7) is -0.345. The fourth-order valence-corrected chi connectivity index (χ4v) is 3.61. The molecule has 1 aromatic heterocycles. The lowest BCUT2D eigenvalue weighted by atomic mass is 10.4. The minimum Gasteiger partial charge on any atom is -0.301 e. The third kappa shape index (κ3) is 3.96. The van der Waals surface area contributed by atoms with Crippen molar-refractivity contribution in [2.24, 2.45) is 0 Å². The van der Waals surface area contributed by atoms with Crippen molar-refractivity contribution >= 4 is 55.6 Å². The van der Waals surface area contributed by atoms with Crippen molar-refractivity contribution in [3.05, 3.63) is 39.8 Å². The highest BCUT2D eigenvalue weighted by Crippen LogP contribution is 2.26. The van der Waals surface area contributed by atoms with E-state index in [2.05, 4.69) is 10.3 Å². The van der Waals surface area contributed by atoms with Gasteiger partial charge in [-0.15, -0.1) is 11.3 Å². The SMILES string of the molecule is CN(CC(=O)Nc1nccs1)S(=O)(=O)c1ccc(Cl)c(Cl)c1. The maximum Gasteiger partial charge on any atom is 0.243 e. The number of likely N-dealkylation sites (N-methyl/N-ethyl adjacent to an activating group) is 1. The summed E-state index contributed by atoms with van der Waals surface area (Å²) >= 11 is 12.8. The number of rotatable bonds is 5. The second-order valence-corrected chi connectivity index (χ2v) is 7.98. The lowest BCUT2D eigenvalue weighted by molar-refractivity contribution is -0.116. The fourth-order valence-electron chi connectivity index (χ4n) is 1.55. The van der Waals surface area contributed by atoms with Crippen LogP contribution in [0.15, 0.2) is 34.7 Å². The standard InChI is InChI=1S/C12H11Cl2N3O3S2/c1-17(7-11(18)16-12-15-4-5-21-12)22(19,20)8-2-3-9(13)10(14)6-8/h2-6H,7H2,1H3,(H,15,16,18). The van der Waals surface area contributed by atoms with Gasteiger partial charge in [-0.2, -0.15) is 4.31 Å². The molecular weight excluding hydrogens is 369 g/mol. The normalized spacial score (nSPS) is 11.6. The first kappa shape index (κ1) is 17.2. The van der Waals surface area contributed by atoms with Crippen LogP contribution in [-0.4, -0.2) is 37.2 Å². The molecule has 22 heavy (non-hydrogen) atoms. The number of carbonyl (C=O) groups excluding carboxylic acids is 1. The van der Waals surface area contributed by atoms with Gasteiger partial charge < -0.3 is 5.32 Å². The van der Waals surface area contributed by atoms with Gasteiger partial charge in [0.05, 0.1) is 21.5 Å². The highest BCUT2D eigenvalue weighted by molar-refractivity contribution is 7.89. The van der Waals surface area contributed by atoms with Gasteiger partial charge in [-0.25, -0.2) is 13.4 Å². The number of halogens is 2. The van der Waals surface area contributed by atoms with Gasteiger partial charge in [0.1, 0.15) is 0 Å². The van der Waals surface area contributed by atoms with Crippen molar-refractivity contribution in [1.82, 2.24) is 9.29 Å². The van der Waals surface area contributed by atoms with E-state index in [1.165, 1.54) is 42.8 Å². The average Bonchev–Trinajstić information content (AvgIpc) is 2.94. The molecular formula is C12H11Cl2N3O3S2. The molecule has 0 aliphatic rings. The molecule has 1 aromatic carbocycles. The van der Waals surface area contributed by atoms with Crippen LogP contribution in [0.5, 0.6) is 0 Å². The summed E-state index contributed by atoms with van der Waals surface area (Å²) in [6, 6.07) is 3.97. The van der Waals surface area contributed by atoms with Gasteiger partial charge in [0.25, 0.3) is 0 Å². The number of nitrogens with one attached hydrogen (secondary N) is 1. The predicted molar refractivity (Wildman–Crippen MR) is 87.0 cm³/mol. The Labute approximate surface area is 141 Å². The molecule has 2 rings (SSSR count). The Morgan fingerprint density at radius 1 is 1.36 bits per heavy atom. The molecule has 1 N–H and O–H groups in total. The molecule has 0 aliphatic carbocycles. The Morgan fingerprint density at radius 3 is 2.68 bits per heavy atom. The summed E-state index contributed by atoms with van der Waals surface area (Å²) in [5, 5.41) is 5.00. The van der Waals surface area contributed by atoms with Crippen molar-refractivity contribution in [3.8, 4) is 0 Å². The number of amides is 1. The van der Waals surface area contributed by atoms with E-state index < -0.39 is 15.9 Å². The van der Waals surface area contributed by atoms with Gasteiger partial charge in [-0.1, -0.05) is 23.2 Å². The number of nitrogens with zero attached hydrogens (tertiary/aromatic N) is 2. The number of carbonyl (C=O) groups is 1. The topological polar surface area (TPSA) is 79.4 Å². The lowest BCUT2D eigenvalue weighted by Crippen LogP contribution is -2.34. The van der Waals surface area contributed by atoms with E-state index in [4.69, 9.17) is 23.2 Å². The number of sulfonamides is 1. The van der Waals surface area contributed by atoms with Crippen LogP contribution in [0.25, 0.3) is 0 Å². The molecule has 0 saturated heterocycles. The average molecular weight is 380 g/mol. The maximum absolute atomic E-state index is 12.4. The summed E-state index contributed by atoms with van der Waals surface area (Å²) in [5.74, 6) is -0.485. The van der Waals surface area contributed by atoms with Gasteiger partial charge in [0.2, 0.25) is 15.9 Å². The van der Waals surface area contributed by atoms with Crippen molar-refractivity contribution in [1.29, 1.82) is 0 Å². The Kier molecular flexibility index (Phi) is 5.41. The second-order valence-electron chi connectivity index (χ2n) is 4.22. The van der Waals surface area contributed by atoms with E-state index in [1.54, 1.807) is 5.38 Å². The number of aromatic nitrogens is 1. The summed E-state index contributed by atoms with van der Waals surface area (Å²) in [4.78, 5) is 15.7. The summed E-state index contributed by atoms with van der Waals surface area (Å²) in [6.07, 6.45) is 1.54. The van der Waals surface area contributed by atoms with Crippen LogP contribution >= 0.6 is 34.5 Å². The number of anilines is 1. The highest BCUT2D eigenvalue weighted by atomic mass is 35.5. The zero-order chi connectivity index (χ0) is 16.3. The fraction of sp³-hybridized carbons (Fsp3) is 0.167. The van der Waals surface area contributed by atoms with Crippen LogP contribution in [-0.2, 0) is 14.8 Å². The molecule has 0 spiro atoms. The third-order valence-corrected chi connectivity index (χ3v) is 5.87. The van der Waals surface area contributed by atoms with Crippen LogP contribution in [0.2, 0.25) is 10.0 Å². The zero-order valence-corrected chi connectivity index (χ0v) is 14.4. The molecule has 0 aliphatic heterocycles. The molecule has 10 heteroatoms. The largest absolute Gasteiger partial charge is 0.301 e. The molecule has 1 amide bonds. The van der Waals surface area contributed by atoms with Crippen molar-refractivity contribution < 1.29 is 13.2 Å². The van der Waals surface area contributed by atoms with Gasteiger partial charge >= 0.3 is 0 Å². The molecule has 0 bridgehead atoms. The van der Waals surface area contributed by atoms with E-state index in [9.17, 15) is 13.2 Å². The van der Waals surface area contributed by atoms with Gasteiger partial charge in [0.15, 0.2) is 5.13 Å². The summed E-state index contributed by atoms with van der Waals surface area (Å²) in [5.41, 5.74) is 0. The first-order valence-corrected chi connectivity index (χ1v) is 8.99. The van der Waals surface area contributed by atoms with Crippen molar-refractivity contribution in [3.63, 3.8) is 0 Å². The number of benzene rings is 1. The Hall–Kier alpha value is -1.19. The van der Waals surface area contributed by atoms with Gasteiger partial charge in [-0.05, 0) is 18.2 Å². The van der Waals surface area contributed by atoms with Crippen LogP contribution in [0.4, 0.5) is 5.13 Å². The van der Waals surface area contributed by atoms with Crippen LogP contribution in [0, 0.1) is 0 Å². The van der Waals surface area contributed by atoms with E-state index in [0.29, 0.717) is 5.13 Å². The quantitative estimate of drug-likeness (QED) is 0.865. The molecule has 0 saturated carbocycles. The number of hydrogen-bond donors (Lipinski definition) is 1. The highest BCUT2D eigenvalue weighted by Gasteiger charge is 2.23. The maximum atomic E-state index is 12.4. The van der Waals surface area contributed by atoms with Gasteiger partial charge in [0, 0.05) is 18.6 Å². The Morgan fingerprint density at radius 2 is 2.09 bits per heavy atom. The number of thiazole rings is 1. The molecule has 118 valence electrons. The minimum absolute atomic E-state index is 0.0357. The van der Waals surface area contributed by atoms with Crippen LogP contribution in [0.3, 0.4) is 0 Å². The van der Waals surface area contributed by atoms with E-state index in [0.717, 1.165) is 4.31 Å². The first-order valence-electron chi connectivity index (χ1n) is 5.91. The van der Waals surface area contributed by atoms with E-state index in [1.807, 2.05) is 0 Å². The van der Waals surface area contributed by atoms with Crippen molar-refractivity contribution in [2.75, 3.05) is 18.9 Å².